The van der Waals surface area contributed by atoms with Crippen molar-refractivity contribution in [1.82, 2.24) is 0 Å². The molecule has 2 aromatic carbocycles. The summed E-state index contributed by atoms with van der Waals surface area (Å²) in [6.45, 7) is 0.891. The van der Waals surface area contributed by atoms with Gasteiger partial charge in [-0.1, -0.05) is 34.1 Å². The van der Waals surface area contributed by atoms with Gasteiger partial charge >= 0.3 is 0 Å². The highest BCUT2D eigenvalue weighted by Gasteiger charge is 2.21. The van der Waals surface area contributed by atoms with Crippen LogP contribution in [-0.4, -0.2) is 13.7 Å². The number of rotatable bonds is 4. The predicted molar refractivity (Wildman–Crippen MR) is 86.9 cm³/mol. The summed E-state index contributed by atoms with van der Waals surface area (Å²) in [6.07, 6.45) is 0.267. The fourth-order valence-electron chi connectivity index (χ4n) is 2.76. The van der Waals surface area contributed by atoms with Gasteiger partial charge < -0.3 is 10.1 Å². The van der Waals surface area contributed by atoms with Crippen molar-refractivity contribution < 1.29 is 9.13 Å². The standard InChI is InChI=1S/C17H17BrFNO/c1-21-13-5-6-15(18)12(9-13)10-16(19)14-4-2-3-11-7-8-20-17(11)14/h2-6,9,16,20H,7-8,10H2,1H3. The number of methoxy groups -OCH3 is 1. The van der Waals surface area contributed by atoms with E-state index in [1.807, 2.05) is 30.3 Å². The molecule has 1 unspecified atom stereocenters. The lowest BCUT2D eigenvalue weighted by atomic mass is 9.99. The van der Waals surface area contributed by atoms with Gasteiger partial charge in [0.1, 0.15) is 11.9 Å². The molecule has 0 radical (unpaired) electrons. The van der Waals surface area contributed by atoms with Crippen molar-refractivity contribution in [2.75, 3.05) is 19.0 Å². The van der Waals surface area contributed by atoms with Crippen LogP contribution < -0.4 is 10.1 Å². The Morgan fingerprint density at radius 3 is 3.00 bits per heavy atom. The van der Waals surface area contributed by atoms with Gasteiger partial charge in [-0.2, -0.15) is 0 Å². The first-order chi connectivity index (χ1) is 10.2. The summed E-state index contributed by atoms with van der Waals surface area (Å²) in [6, 6.07) is 11.5. The van der Waals surface area contributed by atoms with E-state index >= 15 is 0 Å². The van der Waals surface area contributed by atoms with E-state index in [0.717, 1.165) is 40.0 Å². The van der Waals surface area contributed by atoms with E-state index in [1.54, 1.807) is 7.11 Å². The van der Waals surface area contributed by atoms with Crippen molar-refractivity contribution in [3.05, 3.63) is 57.6 Å². The average Bonchev–Trinajstić information content (AvgIpc) is 2.97. The Balaban J connectivity index is 1.87. The van der Waals surface area contributed by atoms with Crippen LogP contribution >= 0.6 is 15.9 Å². The minimum atomic E-state index is -1.03. The molecule has 0 fully saturated rings. The molecular formula is C17H17BrFNO. The Kier molecular flexibility index (Phi) is 4.15. The first-order valence-electron chi connectivity index (χ1n) is 7.01. The molecule has 21 heavy (non-hydrogen) atoms. The van der Waals surface area contributed by atoms with E-state index in [0.29, 0.717) is 6.42 Å². The SMILES string of the molecule is COc1ccc(Br)c(CC(F)c2cccc3c2NCC3)c1. The highest BCUT2D eigenvalue weighted by atomic mass is 79.9. The summed E-state index contributed by atoms with van der Waals surface area (Å²) in [5.74, 6) is 0.747. The Labute approximate surface area is 132 Å². The van der Waals surface area contributed by atoms with E-state index in [-0.39, 0.29) is 0 Å². The zero-order chi connectivity index (χ0) is 14.8. The lowest BCUT2D eigenvalue weighted by Crippen LogP contribution is -2.02. The number of anilines is 1. The summed E-state index contributed by atoms with van der Waals surface area (Å²) in [4.78, 5) is 0. The lowest BCUT2D eigenvalue weighted by molar-refractivity contribution is 0.342. The summed E-state index contributed by atoms with van der Waals surface area (Å²) in [7, 11) is 1.62. The molecule has 1 heterocycles. The second kappa shape index (κ2) is 6.06. The second-order valence-corrected chi connectivity index (χ2v) is 6.04. The number of fused-ring (bicyclic) bond motifs is 1. The third-order valence-corrected chi connectivity index (χ3v) is 4.64. The molecule has 3 rings (SSSR count). The number of para-hydroxylation sites is 1. The maximum Gasteiger partial charge on any atom is 0.131 e. The van der Waals surface area contributed by atoms with E-state index in [2.05, 4.69) is 27.3 Å². The fraction of sp³-hybridized carbons (Fsp3) is 0.294. The maximum absolute atomic E-state index is 14.8. The van der Waals surface area contributed by atoms with Gasteiger partial charge in [0, 0.05) is 28.7 Å². The Morgan fingerprint density at radius 2 is 2.19 bits per heavy atom. The van der Waals surface area contributed by atoms with Crippen molar-refractivity contribution in [1.29, 1.82) is 0 Å². The molecule has 0 bridgehead atoms. The van der Waals surface area contributed by atoms with Gasteiger partial charge in [-0.3, -0.25) is 0 Å². The topological polar surface area (TPSA) is 21.3 Å². The zero-order valence-corrected chi connectivity index (χ0v) is 13.4. The number of hydrogen-bond acceptors (Lipinski definition) is 2. The summed E-state index contributed by atoms with van der Waals surface area (Å²) < 4.78 is 20.9. The maximum atomic E-state index is 14.8. The normalized spacial score (nSPS) is 14.4. The number of benzene rings is 2. The van der Waals surface area contributed by atoms with Crippen molar-refractivity contribution in [3.8, 4) is 5.75 Å². The number of hydrogen-bond donors (Lipinski definition) is 1. The molecule has 0 aromatic heterocycles. The minimum absolute atomic E-state index is 0.329. The molecule has 2 nitrogen and oxygen atoms in total. The largest absolute Gasteiger partial charge is 0.497 e. The molecule has 0 aliphatic carbocycles. The monoisotopic (exact) mass is 349 g/mol. The third kappa shape index (κ3) is 2.91. The van der Waals surface area contributed by atoms with Crippen LogP contribution in [0.5, 0.6) is 5.75 Å². The number of nitrogens with one attached hydrogen (secondary N) is 1. The van der Waals surface area contributed by atoms with Crippen molar-refractivity contribution in [2.45, 2.75) is 19.0 Å². The molecule has 0 saturated heterocycles. The predicted octanol–water partition coefficient (Wildman–Crippen LogP) is 4.68. The number of ether oxygens (including phenoxy) is 1. The third-order valence-electron chi connectivity index (χ3n) is 3.87. The highest BCUT2D eigenvalue weighted by molar-refractivity contribution is 9.10. The molecule has 1 atom stereocenters. The first-order valence-corrected chi connectivity index (χ1v) is 7.80. The molecule has 4 heteroatoms. The van der Waals surface area contributed by atoms with E-state index in [9.17, 15) is 4.39 Å². The molecule has 1 aliphatic rings. The van der Waals surface area contributed by atoms with Crippen LogP contribution in [0.25, 0.3) is 0 Å². The minimum Gasteiger partial charge on any atom is -0.497 e. The molecule has 1 N–H and O–H groups in total. The molecule has 110 valence electrons. The van der Waals surface area contributed by atoms with Crippen LogP contribution in [0.4, 0.5) is 10.1 Å². The Morgan fingerprint density at radius 1 is 1.33 bits per heavy atom. The first kappa shape index (κ1) is 14.4. The van der Waals surface area contributed by atoms with Crippen molar-refractivity contribution in [2.24, 2.45) is 0 Å². The lowest BCUT2D eigenvalue weighted by Gasteiger charge is -2.15. The molecule has 1 aliphatic heterocycles. The molecule has 0 saturated carbocycles. The molecule has 0 spiro atoms. The molecule has 2 aromatic rings. The summed E-state index contributed by atoms with van der Waals surface area (Å²) >= 11 is 3.49. The van der Waals surface area contributed by atoms with Crippen LogP contribution in [0, 0.1) is 0 Å². The van der Waals surface area contributed by atoms with Gasteiger partial charge in [0.15, 0.2) is 0 Å². The number of halogens is 2. The van der Waals surface area contributed by atoms with Crippen LogP contribution in [-0.2, 0) is 12.8 Å². The second-order valence-electron chi connectivity index (χ2n) is 5.19. The van der Waals surface area contributed by atoms with Gasteiger partial charge in [0.25, 0.3) is 0 Å². The summed E-state index contributed by atoms with van der Waals surface area (Å²) in [5.41, 5.74) is 3.85. The van der Waals surface area contributed by atoms with Crippen LogP contribution in [0.1, 0.15) is 22.9 Å². The van der Waals surface area contributed by atoms with E-state index in [4.69, 9.17) is 4.74 Å². The van der Waals surface area contributed by atoms with Gasteiger partial charge in [0.2, 0.25) is 0 Å². The van der Waals surface area contributed by atoms with Gasteiger partial charge in [-0.05, 0) is 35.7 Å². The molecular weight excluding hydrogens is 333 g/mol. The zero-order valence-electron chi connectivity index (χ0n) is 11.8. The van der Waals surface area contributed by atoms with Crippen molar-refractivity contribution >= 4 is 21.6 Å². The van der Waals surface area contributed by atoms with Gasteiger partial charge in [-0.15, -0.1) is 0 Å². The van der Waals surface area contributed by atoms with E-state index in [1.165, 1.54) is 5.56 Å². The van der Waals surface area contributed by atoms with Crippen molar-refractivity contribution in [3.63, 3.8) is 0 Å². The van der Waals surface area contributed by atoms with E-state index < -0.39 is 6.17 Å². The van der Waals surface area contributed by atoms with Crippen LogP contribution in [0.2, 0.25) is 0 Å². The Hall–Kier alpha value is -1.55. The van der Waals surface area contributed by atoms with Gasteiger partial charge in [0.05, 0.1) is 7.11 Å². The van der Waals surface area contributed by atoms with Gasteiger partial charge in [-0.25, -0.2) is 4.39 Å². The van der Waals surface area contributed by atoms with Crippen LogP contribution in [0.15, 0.2) is 40.9 Å². The fourth-order valence-corrected chi connectivity index (χ4v) is 3.17. The average molecular weight is 350 g/mol. The quantitative estimate of drug-likeness (QED) is 0.865. The summed E-state index contributed by atoms with van der Waals surface area (Å²) in [5, 5.41) is 3.30. The number of alkyl halides is 1. The highest BCUT2D eigenvalue weighted by Crippen LogP contribution is 2.36. The van der Waals surface area contributed by atoms with Crippen LogP contribution in [0.3, 0.4) is 0 Å². The Bertz CT molecular complexity index is 659. The molecule has 0 amide bonds. The smallest absolute Gasteiger partial charge is 0.131 e.